The lowest BCUT2D eigenvalue weighted by Crippen LogP contribution is -2.23. The van der Waals surface area contributed by atoms with Gasteiger partial charge in [-0.2, -0.15) is 12.6 Å². The van der Waals surface area contributed by atoms with Crippen molar-refractivity contribution in [3.05, 3.63) is 11.6 Å². The third-order valence-electron chi connectivity index (χ3n) is 2.12. The summed E-state index contributed by atoms with van der Waals surface area (Å²) in [5, 5.41) is 0. The molecule has 0 bridgehead atoms. The Morgan fingerprint density at radius 1 is 1.73 bits per heavy atom. The fourth-order valence-corrected chi connectivity index (χ4v) is 1.17. The van der Waals surface area contributed by atoms with Gasteiger partial charge in [0.05, 0.1) is 7.11 Å². The smallest absolute Gasteiger partial charge is 0.333 e. The van der Waals surface area contributed by atoms with Gasteiger partial charge in [0.25, 0.3) is 0 Å². The molecule has 1 atom stereocenters. The van der Waals surface area contributed by atoms with Crippen molar-refractivity contribution >= 4 is 18.6 Å². The molecule has 0 aliphatic heterocycles. The van der Waals surface area contributed by atoms with Gasteiger partial charge in [0.2, 0.25) is 0 Å². The van der Waals surface area contributed by atoms with E-state index in [1.54, 1.807) is 0 Å². The maximum absolute atomic E-state index is 10.9. The number of thiol groups is 1. The number of carbonyl (C=O) groups is 1. The van der Waals surface area contributed by atoms with Gasteiger partial charge in [-0.05, 0) is 31.4 Å². The standard InChI is InChI=1S/C8H13NO2.C3H8S/c1-11-8(10)6-2-4-7(9)5-3-6;1-2-3-4/h2,7H,3-5,9H2,1H3;4H,2-3H2,1H3. The van der Waals surface area contributed by atoms with E-state index >= 15 is 0 Å². The van der Waals surface area contributed by atoms with Crippen molar-refractivity contribution < 1.29 is 9.53 Å². The molecule has 0 spiro atoms. The van der Waals surface area contributed by atoms with Crippen molar-refractivity contribution in [1.29, 1.82) is 0 Å². The van der Waals surface area contributed by atoms with Crippen LogP contribution in [0.1, 0.15) is 32.6 Å². The summed E-state index contributed by atoms with van der Waals surface area (Å²) in [6.45, 7) is 2.10. The molecule has 1 rings (SSSR count). The van der Waals surface area contributed by atoms with Crippen molar-refractivity contribution in [2.45, 2.75) is 38.6 Å². The van der Waals surface area contributed by atoms with Crippen LogP contribution in [0.4, 0.5) is 0 Å². The highest BCUT2D eigenvalue weighted by Crippen LogP contribution is 2.17. The molecular weight excluding hydrogens is 210 g/mol. The molecule has 2 N–H and O–H groups in total. The maximum atomic E-state index is 10.9. The Morgan fingerprint density at radius 3 is 2.67 bits per heavy atom. The van der Waals surface area contributed by atoms with E-state index in [1.807, 2.05) is 6.08 Å². The van der Waals surface area contributed by atoms with E-state index in [4.69, 9.17) is 5.73 Å². The summed E-state index contributed by atoms with van der Waals surface area (Å²) in [5.41, 5.74) is 6.41. The first-order chi connectivity index (χ1) is 7.15. The van der Waals surface area contributed by atoms with Gasteiger partial charge < -0.3 is 10.5 Å². The van der Waals surface area contributed by atoms with Crippen LogP contribution in [0.5, 0.6) is 0 Å². The van der Waals surface area contributed by atoms with Crippen LogP contribution in [0.2, 0.25) is 0 Å². The Morgan fingerprint density at radius 2 is 2.33 bits per heavy atom. The van der Waals surface area contributed by atoms with Gasteiger partial charge >= 0.3 is 5.97 Å². The highest BCUT2D eigenvalue weighted by atomic mass is 32.1. The van der Waals surface area contributed by atoms with E-state index in [0.29, 0.717) is 0 Å². The Balaban J connectivity index is 0.000000423. The molecule has 0 saturated heterocycles. The van der Waals surface area contributed by atoms with Gasteiger partial charge in [-0.3, -0.25) is 0 Å². The average Bonchev–Trinajstić information content (AvgIpc) is 2.29. The second-order valence-electron chi connectivity index (χ2n) is 3.48. The van der Waals surface area contributed by atoms with Crippen LogP contribution in [0.15, 0.2) is 11.6 Å². The maximum Gasteiger partial charge on any atom is 0.333 e. The van der Waals surface area contributed by atoms with E-state index in [2.05, 4.69) is 24.3 Å². The molecule has 0 aromatic heterocycles. The van der Waals surface area contributed by atoms with E-state index in [-0.39, 0.29) is 12.0 Å². The van der Waals surface area contributed by atoms with Gasteiger partial charge in [-0.1, -0.05) is 13.0 Å². The van der Waals surface area contributed by atoms with Crippen LogP contribution >= 0.6 is 12.6 Å². The van der Waals surface area contributed by atoms with Gasteiger partial charge in [0.15, 0.2) is 0 Å². The summed E-state index contributed by atoms with van der Waals surface area (Å²) in [4.78, 5) is 10.9. The quantitative estimate of drug-likeness (QED) is 0.564. The largest absolute Gasteiger partial charge is 0.466 e. The predicted molar refractivity (Wildman–Crippen MR) is 66.1 cm³/mol. The molecule has 0 aromatic rings. The molecule has 3 nitrogen and oxygen atoms in total. The molecule has 0 amide bonds. The number of hydrogen-bond donors (Lipinski definition) is 2. The first-order valence-electron chi connectivity index (χ1n) is 5.29. The summed E-state index contributed by atoms with van der Waals surface area (Å²) in [6.07, 6.45) is 5.50. The summed E-state index contributed by atoms with van der Waals surface area (Å²) in [5.74, 6) is 0.803. The Hall–Kier alpha value is -0.480. The molecule has 0 heterocycles. The van der Waals surface area contributed by atoms with Gasteiger partial charge in [-0.25, -0.2) is 4.79 Å². The molecule has 4 heteroatoms. The van der Waals surface area contributed by atoms with E-state index < -0.39 is 0 Å². The molecule has 1 aliphatic carbocycles. The predicted octanol–water partition coefficient (Wildman–Crippen LogP) is 1.92. The minimum atomic E-state index is -0.211. The number of carbonyl (C=O) groups excluding carboxylic acids is 1. The molecule has 0 saturated carbocycles. The zero-order valence-corrected chi connectivity index (χ0v) is 10.4. The van der Waals surface area contributed by atoms with Crippen LogP contribution in [-0.2, 0) is 9.53 Å². The first-order valence-corrected chi connectivity index (χ1v) is 5.92. The number of nitrogens with two attached hydrogens (primary N) is 1. The average molecular weight is 231 g/mol. The number of hydrogen-bond acceptors (Lipinski definition) is 4. The minimum absolute atomic E-state index is 0.211. The fourth-order valence-electron chi connectivity index (χ4n) is 1.17. The van der Waals surface area contributed by atoms with Gasteiger partial charge in [-0.15, -0.1) is 0 Å². The molecular formula is C11H21NO2S. The lowest BCUT2D eigenvalue weighted by atomic mass is 9.96. The number of ether oxygens (including phenoxy) is 1. The van der Waals surface area contributed by atoms with Crippen molar-refractivity contribution in [2.24, 2.45) is 5.73 Å². The van der Waals surface area contributed by atoms with Crippen molar-refractivity contribution in [3.8, 4) is 0 Å². The van der Waals surface area contributed by atoms with E-state index in [1.165, 1.54) is 13.5 Å². The Kier molecular flexibility index (Phi) is 8.52. The zero-order chi connectivity index (χ0) is 11.7. The minimum Gasteiger partial charge on any atom is -0.466 e. The fraction of sp³-hybridized carbons (Fsp3) is 0.727. The Labute approximate surface area is 97.5 Å². The van der Waals surface area contributed by atoms with Crippen LogP contribution in [0.3, 0.4) is 0 Å². The first kappa shape index (κ1) is 14.5. The number of rotatable bonds is 2. The van der Waals surface area contributed by atoms with Crippen LogP contribution in [0.25, 0.3) is 0 Å². The summed E-state index contributed by atoms with van der Waals surface area (Å²) in [7, 11) is 1.40. The molecule has 88 valence electrons. The van der Waals surface area contributed by atoms with Gasteiger partial charge in [0, 0.05) is 11.6 Å². The topological polar surface area (TPSA) is 52.3 Å². The van der Waals surface area contributed by atoms with Crippen molar-refractivity contribution in [2.75, 3.05) is 12.9 Å². The normalized spacial score (nSPS) is 19.7. The summed E-state index contributed by atoms with van der Waals surface area (Å²) < 4.78 is 4.58. The Bertz CT molecular complexity index is 215. The molecule has 0 fully saturated rings. The number of methoxy groups -OCH3 is 1. The SMILES string of the molecule is CCCS.COC(=O)C1=CCC(N)CC1. The summed E-state index contributed by atoms with van der Waals surface area (Å²) in [6, 6.07) is 0.225. The van der Waals surface area contributed by atoms with Crippen LogP contribution < -0.4 is 5.73 Å². The molecule has 1 aliphatic rings. The summed E-state index contributed by atoms with van der Waals surface area (Å²) >= 11 is 3.92. The lowest BCUT2D eigenvalue weighted by Gasteiger charge is -2.16. The van der Waals surface area contributed by atoms with E-state index in [0.717, 1.165) is 30.6 Å². The highest BCUT2D eigenvalue weighted by Gasteiger charge is 2.15. The third kappa shape index (κ3) is 6.57. The van der Waals surface area contributed by atoms with Crippen LogP contribution in [-0.4, -0.2) is 24.9 Å². The van der Waals surface area contributed by atoms with Crippen LogP contribution in [0, 0.1) is 0 Å². The molecule has 0 aromatic carbocycles. The van der Waals surface area contributed by atoms with Crippen molar-refractivity contribution in [3.63, 3.8) is 0 Å². The second-order valence-corrected chi connectivity index (χ2v) is 3.93. The van der Waals surface area contributed by atoms with Crippen molar-refractivity contribution in [1.82, 2.24) is 0 Å². The number of esters is 1. The third-order valence-corrected chi connectivity index (χ3v) is 2.57. The molecule has 1 unspecified atom stereocenters. The second kappa shape index (κ2) is 8.80. The molecule has 15 heavy (non-hydrogen) atoms. The lowest BCUT2D eigenvalue weighted by molar-refractivity contribution is -0.136. The van der Waals surface area contributed by atoms with Gasteiger partial charge in [0.1, 0.15) is 0 Å². The zero-order valence-electron chi connectivity index (χ0n) is 9.53. The monoisotopic (exact) mass is 231 g/mol. The highest BCUT2D eigenvalue weighted by molar-refractivity contribution is 7.80. The molecule has 0 radical (unpaired) electrons. The van der Waals surface area contributed by atoms with E-state index in [9.17, 15) is 4.79 Å².